The summed E-state index contributed by atoms with van der Waals surface area (Å²) in [5, 5.41) is 14.4. The Morgan fingerprint density at radius 1 is 0.239 bits per heavy atom. The second-order valence-electron chi connectivity index (χ2n) is 23.1. The van der Waals surface area contributed by atoms with E-state index in [-0.39, 0.29) is 0 Å². The first kappa shape index (κ1) is 47.4. The largest absolute Gasteiger partial charge is 0.455 e. The smallest absolute Gasteiger partial charge is 0.160 e. The van der Waals surface area contributed by atoms with Gasteiger partial charge >= 0.3 is 0 Å². The van der Waals surface area contributed by atoms with Crippen molar-refractivity contribution in [3.63, 3.8) is 0 Å². The number of rotatable bonds is 6. The van der Waals surface area contributed by atoms with E-state index in [0.717, 1.165) is 187 Å². The Labute approximate surface area is 500 Å². The first-order chi connectivity index (χ1) is 43.6. The molecule has 0 saturated carbocycles. The van der Waals surface area contributed by atoms with Gasteiger partial charge in [0.1, 0.15) is 33.5 Å². The van der Waals surface area contributed by atoms with Crippen molar-refractivity contribution in [1.82, 2.24) is 23.7 Å². The molecule has 20 rings (SSSR count). The fourth-order valence-electron chi connectivity index (χ4n) is 14.6. The van der Waals surface area contributed by atoms with Gasteiger partial charge in [-0.3, -0.25) is 0 Å². The molecule has 0 aliphatic carbocycles. The monoisotopic (exact) mass is 1120 g/mol. The Morgan fingerprint density at radius 2 is 0.648 bits per heavy atom. The highest BCUT2D eigenvalue weighted by Crippen LogP contribution is 2.45. The predicted octanol–water partition coefficient (Wildman–Crippen LogP) is 21.6. The average Bonchev–Trinajstić information content (AvgIpc) is 1.77. The first-order valence-corrected chi connectivity index (χ1v) is 29.8. The third kappa shape index (κ3) is 6.62. The van der Waals surface area contributed by atoms with Crippen molar-refractivity contribution in [2.45, 2.75) is 0 Å². The minimum atomic E-state index is 0.637. The van der Waals surface area contributed by atoms with E-state index in [1.165, 1.54) is 0 Å². The maximum Gasteiger partial charge on any atom is 0.160 e. The first-order valence-electron chi connectivity index (χ1n) is 29.8. The van der Waals surface area contributed by atoms with Crippen molar-refractivity contribution in [3.05, 3.63) is 273 Å². The molecule has 0 spiro atoms. The van der Waals surface area contributed by atoms with Crippen LogP contribution in [0.1, 0.15) is 0 Å². The van der Waals surface area contributed by atoms with E-state index in [4.69, 9.17) is 23.2 Å². The van der Waals surface area contributed by atoms with E-state index in [0.29, 0.717) is 5.82 Å². The number of benzene rings is 13. The summed E-state index contributed by atoms with van der Waals surface area (Å²) < 4.78 is 27.0. The van der Waals surface area contributed by atoms with E-state index >= 15 is 0 Å². The molecule has 7 heterocycles. The van der Waals surface area contributed by atoms with Crippen LogP contribution in [0, 0.1) is 0 Å². The van der Waals surface area contributed by atoms with Crippen LogP contribution in [0.4, 0.5) is 0 Å². The van der Waals surface area contributed by atoms with Crippen LogP contribution in [0.3, 0.4) is 0 Å². The summed E-state index contributed by atoms with van der Waals surface area (Å²) in [6.45, 7) is 0. The summed E-state index contributed by atoms with van der Waals surface area (Å²) >= 11 is 0. The zero-order chi connectivity index (χ0) is 57.3. The Hall–Kier alpha value is -12.0. The van der Waals surface area contributed by atoms with Gasteiger partial charge in [-0.15, -0.1) is 0 Å². The molecule has 0 atom stereocenters. The molecule has 8 heteroatoms. The van der Waals surface area contributed by atoms with Gasteiger partial charge in [0.15, 0.2) is 5.82 Å². The van der Waals surface area contributed by atoms with Crippen molar-refractivity contribution >= 4 is 142 Å². The van der Waals surface area contributed by atoms with Crippen LogP contribution in [-0.2, 0) is 0 Å². The van der Waals surface area contributed by atoms with Crippen molar-refractivity contribution in [2.24, 2.45) is 0 Å². The van der Waals surface area contributed by atoms with E-state index < -0.39 is 0 Å². The van der Waals surface area contributed by atoms with Gasteiger partial charge in [-0.1, -0.05) is 140 Å². The second kappa shape index (κ2) is 17.8. The lowest BCUT2D eigenvalue weighted by Gasteiger charge is -2.14. The summed E-state index contributed by atoms with van der Waals surface area (Å²) in [5.41, 5.74) is 20.7. The van der Waals surface area contributed by atoms with Crippen LogP contribution in [0.5, 0.6) is 0 Å². The van der Waals surface area contributed by atoms with Gasteiger partial charge in [0, 0.05) is 82.1 Å². The van der Waals surface area contributed by atoms with Crippen LogP contribution in [0.2, 0.25) is 0 Å². The highest BCUT2D eigenvalue weighted by Gasteiger charge is 2.24. The summed E-state index contributed by atoms with van der Waals surface area (Å²) in [4.78, 5) is 11.0. The van der Waals surface area contributed by atoms with Gasteiger partial charge in [-0.2, -0.15) is 0 Å². The van der Waals surface area contributed by atoms with Gasteiger partial charge in [0.25, 0.3) is 0 Å². The Bertz CT molecular complexity index is 6370. The van der Waals surface area contributed by atoms with E-state index in [1.54, 1.807) is 0 Å². The van der Waals surface area contributed by atoms with E-state index in [2.05, 4.69) is 262 Å². The number of hydrogen-bond donors (Lipinski definition) is 0. The lowest BCUT2D eigenvalue weighted by molar-refractivity contribution is 0.672. The number of aromatic nitrogens is 5. The number of fused-ring (bicyclic) bond motifs is 22. The highest BCUT2D eigenvalue weighted by atomic mass is 16.3. The van der Waals surface area contributed by atoms with Crippen LogP contribution in [0.15, 0.2) is 286 Å². The molecule has 0 fully saturated rings. The molecule has 20 aromatic rings. The normalized spacial score (nSPS) is 12.3. The van der Waals surface area contributed by atoms with E-state index in [1.807, 2.05) is 24.3 Å². The van der Waals surface area contributed by atoms with Gasteiger partial charge < -0.3 is 27.0 Å². The standard InChI is InChI=1S/C80H45N5O3/c1-7-22-64-59(19-1)73-67(41-37-56-53-16-4-10-25-70(53)86-77(56)73)83(64)50-33-28-46(29-34-50)48-32-40-63-62(45-48)76(49-14-13-15-52(44-49)85-66-24-9-3-21-61(66)75-69(85)43-39-58-55-18-6-12-27-72(55)88-79(58)75)82-80(81-63)47-30-35-51(36-31-47)84-65-23-8-2-20-60(65)74-68(84)42-38-57-54-17-5-11-26-71(54)87-78(57)74/h1-45H. The lowest BCUT2D eigenvalue weighted by atomic mass is 9.99. The Morgan fingerprint density at radius 3 is 1.12 bits per heavy atom. The quantitative estimate of drug-likeness (QED) is 0.166. The summed E-state index contributed by atoms with van der Waals surface area (Å²) in [6, 6.07) is 97.1. The maximum absolute atomic E-state index is 6.70. The fourth-order valence-corrected chi connectivity index (χ4v) is 14.6. The molecule has 8 nitrogen and oxygen atoms in total. The predicted molar refractivity (Wildman–Crippen MR) is 361 cm³/mol. The zero-order valence-corrected chi connectivity index (χ0v) is 46.9. The molecule has 0 N–H and O–H groups in total. The number of hydrogen-bond acceptors (Lipinski definition) is 5. The van der Waals surface area contributed by atoms with E-state index in [9.17, 15) is 0 Å². The number of furan rings is 3. The molecule has 408 valence electrons. The van der Waals surface area contributed by atoms with Gasteiger partial charge in [0.2, 0.25) is 0 Å². The number of para-hydroxylation sites is 6. The molecule has 88 heavy (non-hydrogen) atoms. The molecular weight excluding hydrogens is 1080 g/mol. The van der Waals surface area contributed by atoms with Crippen molar-refractivity contribution in [1.29, 1.82) is 0 Å². The van der Waals surface area contributed by atoms with Crippen molar-refractivity contribution in [2.75, 3.05) is 0 Å². The van der Waals surface area contributed by atoms with Gasteiger partial charge in [-0.25, -0.2) is 9.97 Å². The van der Waals surface area contributed by atoms with Crippen molar-refractivity contribution in [3.8, 4) is 50.8 Å². The maximum atomic E-state index is 6.70. The summed E-state index contributed by atoms with van der Waals surface area (Å²) in [6.07, 6.45) is 0. The molecular formula is C80H45N5O3. The van der Waals surface area contributed by atoms with Gasteiger partial charge in [-0.05, 0) is 145 Å². The Balaban J connectivity index is 0.743. The minimum absolute atomic E-state index is 0.637. The minimum Gasteiger partial charge on any atom is -0.455 e. The third-order valence-electron chi connectivity index (χ3n) is 18.5. The summed E-state index contributed by atoms with van der Waals surface area (Å²) in [5.74, 6) is 0.637. The molecule has 0 radical (unpaired) electrons. The lowest BCUT2D eigenvalue weighted by Crippen LogP contribution is -1.98. The van der Waals surface area contributed by atoms with Crippen LogP contribution >= 0.6 is 0 Å². The number of nitrogens with zero attached hydrogens (tertiary/aromatic N) is 5. The summed E-state index contributed by atoms with van der Waals surface area (Å²) in [7, 11) is 0. The van der Waals surface area contributed by atoms with Crippen molar-refractivity contribution < 1.29 is 13.3 Å². The fraction of sp³-hybridized carbons (Fsp3) is 0. The molecule has 0 aliphatic heterocycles. The SMILES string of the molecule is c1cc(-c2nc(-c3ccc(-n4c5ccccc5c5c6oc7ccccc7c6ccc54)cc3)nc3ccc(-c4ccc(-n5c6ccccc6c6c7oc8ccccc8c7ccc65)cc4)cc23)cc(-n2c3ccccc3c3c4oc5ccccc5c4ccc32)c1. The Kier molecular flexibility index (Phi) is 9.57. The zero-order valence-electron chi connectivity index (χ0n) is 46.9. The van der Waals surface area contributed by atoms with Crippen LogP contribution in [-0.4, -0.2) is 23.7 Å². The van der Waals surface area contributed by atoms with Crippen LogP contribution < -0.4 is 0 Å². The molecule has 13 aromatic carbocycles. The molecule has 0 bridgehead atoms. The topological polar surface area (TPSA) is 80.0 Å². The average molecular weight is 1120 g/mol. The van der Waals surface area contributed by atoms with Crippen LogP contribution in [0.25, 0.3) is 193 Å². The molecule has 0 amide bonds. The molecule has 7 aromatic heterocycles. The highest BCUT2D eigenvalue weighted by molar-refractivity contribution is 6.26. The molecule has 0 aliphatic rings. The molecule has 0 unspecified atom stereocenters. The van der Waals surface area contributed by atoms with Gasteiger partial charge in [0.05, 0.1) is 60.5 Å². The second-order valence-corrected chi connectivity index (χ2v) is 23.1. The molecule has 0 saturated heterocycles. The third-order valence-corrected chi connectivity index (χ3v) is 18.5.